The Morgan fingerprint density at radius 2 is 1.45 bits per heavy atom. The van der Waals surface area contributed by atoms with Crippen molar-refractivity contribution in [3.63, 3.8) is 0 Å². The Kier molecular flexibility index (Phi) is 10.2. The number of hydrogen-bond acceptors (Lipinski definition) is 3. The largest absolute Gasteiger partial charge is 0.457 e. The number of rotatable bonds is 2. The highest BCUT2D eigenvalue weighted by atomic mass is 16.5. The van der Waals surface area contributed by atoms with Crippen LogP contribution < -0.4 is 10.5 Å². The van der Waals surface area contributed by atoms with E-state index in [1.807, 2.05) is 54.6 Å². The fourth-order valence-electron chi connectivity index (χ4n) is 1.16. The molecule has 0 unspecified atom stereocenters. The molecule has 2 rings (SSSR count). The number of nitrogens with two attached hydrogens (primary N) is 1. The molecule has 0 bridgehead atoms. The second-order valence-corrected chi connectivity index (χ2v) is 3.59. The average Bonchev–Trinajstić information content (AvgIpc) is 2.44. The Hall–Kier alpha value is -2.44. The van der Waals surface area contributed by atoms with Gasteiger partial charge in [-0.1, -0.05) is 18.2 Å². The van der Waals surface area contributed by atoms with E-state index in [0.717, 1.165) is 17.2 Å². The molecule has 106 valence electrons. The van der Waals surface area contributed by atoms with Gasteiger partial charge in [-0.3, -0.25) is 0 Å². The predicted molar refractivity (Wildman–Crippen MR) is 84.6 cm³/mol. The number of anilines is 1. The Balaban J connectivity index is 0.000000520. The van der Waals surface area contributed by atoms with E-state index in [9.17, 15) is 0 Å². The lowest BCUT2D eigenvalue weighted by Crippen LogP contribution is -1.85. The molecule has 2 aromatic rings. The average molecular weight is 271 g/mol. The second kappa shape index (κ2) is 11.6. The smallest absolute Gasteiger partial charge is 0.127 e. The molecule has 0 saturated heterocycles. The van der Waals surface area contributed by atoms with Crippen LogP contribution in [-0.2, 0) is 0 Å². The molecule has 0 aliphatic rings. The van der Waals surface area contributed by atoms with Crippen LogP contribution in [0.1, 0.15) is 13.8 Å². The molecule has 0 fully saturated rings. The lowest BCUT2D eigenvalue weighted by molar-refractivity contribution is 0.318. The molecule has 3 heteroatoms. The van der Waals surface area contributed by atoms with Gasteiger partial charge in [0.2, 0.25) is 0 Å². The van der Waals surface area contributed by atoms with Crippen LogP contribution in [-0.4, -0.2) is 11.7 Å². The first-order valence-corrected chi connectivity index (χ1v) is 6.24. The number of hydrogen-bond donors (Lipinski definition) is 2. The van der Waals surface area contributed by atoms with Gasteiger partial charge < -0.3 is 15.6 Å². The summed E-state index contributed by atoms with van der Waals surface area (Å²) in [7, 11) is 0. The maximum absolute atomic E-state index is 7.57. The molecule has 0 atom stereocenters. The zero-order chi connectivity index (χ0) is 15.2. The number of ether oxygens (including phenoxy) is 1. The van der Waals surface area contributed by atoms with Gasteiger partial charge in [-0.15, -0.1) is 12.3 Å². The molecule has 0 aliphatic carbocycles. The topological polar surface area (TPSA) is 55.5 Å². The van der Waals surface area contributed by atoms with Crippen LogP contribution in [0, 0.1) is 12.3 Å². The van der Waals surface area contributed by atoms with Crippen molar-refractivity contribution in [2.24, 2.45) is 0 Å². The quantitative estimate of drug-likeness (QED) is 0.647. The Bertz CT molecular complexity index is 487. The van der Waals surface area contributed by atoms with Crippen molar-refractivity contribution in [1.29, 1.82) is 0 Å². The minimum Gasteiger partial charge on any atom is -0.457 e. The first-order chi connectivity index (χ1) is 9.67. The monoisotopic (exact) mass is 271 g/mol. The van der Waals surface area contributed by atoms with Crippen molar-refractivity contribution < 1.29 is 9.84 Å². The zero-order valence-corrected chi connectivity index (χ0v) is 11.9. The summed E-state index contributed by atoms with van der Waals surface area (Å²) in [6.45, 7) is 3.58. The molecule has 2 aromatic carbocycles. The first-order valence-electron chi connectivity index (χ1n) is 6.24. The molecule has 0 radical (unpaired) electrons. The lowest BCUT2D eigenvalue weighted by Gasteiger charge is -2.04. The van der Waals surface area contributed by atoms with Crippen LogP contribution >= 0.6 is 0 Å². The normalized spacial score (nSPS) is 8.10. The molecule has 0 saturated carbocycles. The van der Waals surface area contributed by atoms with E-state index in [2.05, 4.69) is 12.3 Å². The van der Waals surface area contributed by atoms with E-state index in [4.69, 9.17) is 15.6 Å². The van der Waals surface area contributed by atoms with Crippen molar-refractivity contribution in [3.8, 4) is 23.8 Å². The van der Waals surface area contributed by atoms with Crippen molar-refractivity contribution >= 4 is 5.69 Å². The van der Waals surface area contributed by atoms with Crippen molar-refractivity contribution in [2.75, 3.05) is 12.3 Å². The molecule has 20 heavy (non-hydrogen) atoms. The van der Waals surface area contributed by atoms with Crippen molar-refractivity contribution in [2.45, 2.75) is 13.8 Å². The molecular weight excluding hydrogens is 250 g/mol. The molecule has 0 aliphatic heterocycles. The summed E-state index contributed by atoms with van der Waals surface area (Å²) in [6.07, 6.45) is 4.60. The summed E-state index contributed by atoms with van der Waals surface area (Å²) in [5.74, 6) is 3.88. The van der Waals surface area contributed by atoms with Gasteiger partial charge >= 0.3 is 0 Å². The SMILES string of the molecule is C#CC.CCO.Nc1ccc(Oc2ccccc2)cc1. The van der Waals surface area contributed by atoms with E-state index in [1.54, 1.807) is 13.8 Å². The van der Waals surface area contributed by atoms with E-state index in [0.29, 0.717) is 0 Å². The second-order valence-electron chi connectivity index (χ2n) is 3.59. The maximum Gasteiger partial charge on any atom is 0.127 e. The molecule has 0 heterocycles. The van der Waals surface area contributed by atoms with Gasteiger partial charge in [0.05, 0.1) is 0 Å². The minimum atomic E-state index is 0.250. The third-order valence-electron chi connectivity index (χ3n) is 1.86. The highest BCUT2D eigenvalue weighted by Gasteiger charge is 1.94. The zero-order valence-electron chi connectivity index (χ0n) is 11.9. The van der Waals surface area contributed by atoms with E-state index < -0.39 is 0 Å². The molecule has 3 N–H and O–H groups in total. The fourth-order valence-corrected chi connectivity index (χ4v) is 1.16. The standard InChI is InChI=1S/C12H11NO.C3H4.C2H6O/c13-10-6-8-12(9-7-10)14-11-4-2-1-3-5-11;1-3-2;1-2-3/h1-9H,13H2;1H,2H3;3H,2H2,1H3. The van der Waals surface area contributed by atoms with Gasteiger partial charge in [0, 0.05) is 12.3 Å². The van der Waals surface area contributed by atoms with Crippen LogP contribution in [0.4, 0.5) is 5.69 Å². The van der Waals surface area contributed by atoms with Crippen molar-refractivity contribution in [3.05, 3.63) is 54.6 Å². The highest BCUT2D eigenvalue weighted by molar-refractivity contribution is 5.42. The number of aliphatic hydroxyl groups is 1. The van der Waals surface area contributed by atoms with Gasteiger partial charge in [-0.25, -0.2) is 0 Å². The number of nitrogen functional groups attached to an aromatic ring is 1. The first kappa shape index (κ1) is 17.6. The minimum absolute atomic E-state index is 0.250. The third kappa shape index (κ3) is 8.62. The van der Waals surface area contributed by atoms with Gasteiger partial charge in [-0.05, 0) is 50.2 Å². The Morgan fingerprint density at radius 1 is 1.05 bits per heavy atom. The van der Waals surface area contributed by atoms with E-state index in [1.165, 1.54) is 0 Å². The summed E-state index contributed by atoms with van der Waals surface area (Å²) >= 11 is 0. The summed E-state index contributed by atoms with van der Waals surface area (Å²) in [6, 6.07) is 17.0. The molecule has 0 aromatic heterocycles. The Morgan fingerprint density at radius 3 is 1.90 bits per heavy atom. The van der Waals surface area contributed by atoms with Gasteiger partial charge in [0.25, 0.3) is 0 Å². The Labute approximate surface area is 121 Å². The van der Waals surface area contributed by atoms with Gasteiger partial charge in [0.15, 0.2) is 0 Å². The van der Waals surface area contributed by atoms with E-state index in [-0.39, 0.29) is 6.61 Å². The van der Waals surface area contributed by atoms with Crippen LogP contribution in [0.5, 0.6) is 11.5 Å². The van der Waals surface area contributed by atoms with Crippen molar-refractivity contribution in [1.82, 2.24) is 0 Å². The van der Waals surface area contributed by atoms with Gasteiger partial charge in [0.1, 0.15) is 11.5 Å². The maximum atomic E-state index is 7.57. The summed E-state index contributed by atoms with van der Waals surface area (Å²) in [5.41, 5.74) is 6.31. The molecule has 3 nitrogen and oxygen atoms in total. The third-order valence-corrected chi connectivity index (χ3v) is 1.86. The lowest BCUT2D eigenvalue weighted by atomic mass is 10.3. The number of terminal acetylenes is 1. The van der Waals surface area contributed by atoms with Crippen LogP contribution in [0.15, 0.2) is 54.6 Å². The molecule has 0 amide bonds. The van der Waals surface area contributed by atoms with E-state index >= 15 is 0 Å². The van der Waals surface area contributed by atoms with Crippen LogP contribution in [0.25, 0.3) is 0 Å². The fraction of sp³-hybridized carbons (Fsp3) is 0.176. The number of para-hydroxylation sites is 1. The predicted octanol–water partition coefficient (Wildman–Crippen LogP) is 3.70. The summed E-state index contributed by atoms with van der Waals surface area (Å²) in [4.78, 5) is 0. The number of aliphatic hydroxyl groups excluding tert-OH is 1. The van der Waals surface area contributed by atoms with Gasteiger partial charge in [-0.2, -0.15) is 0 Å². The molecule has 0 spiro atoms. The highest BCUT2D eigenvalue weighted by Crippen LogP contribution is 2.21. The number of benzene rings is 2. The van der Waals surface area contributed by atoms with Crippen LogP contribution in [0.2, 0.25) is 0 Å². The molecular formula is C17H21NO2. The summed E-state index contributed by atoms with van der Waals surface area (Å²) < 4.78 is 5.58. The summed E-state index contributed by atoms with van der Waals surface area (Å²) in [5, 5.41) is 7.57. The van der Waals surface area contributed by atoms with Crippen LogP contribution in [0.3, 0.4) is 0 Å².